The quantitative estimate of drug-likeness (QED) is 0.870. The maximum absolute atomic E-state index is 4.46. The zero-order chi connectivity index (χ0) is 12.3. The Morgan fingerprint density at radius 2 is 2.06 bits per heavy atom. The highest BCUT2D eigenvalue weighted by Gasteiger charge is 2.05. The molecule has 0 aliphatic heterocycles. The van der Waals surface area contributed by atoms with Gasteiger partial charge in [-0.05, 0) is 25.0 Å². The van der Waals surface area contributed by atoms with Crippen molar-refractivity contribution < 1.29 is 0 Å². The lowest BCUT2D eigenvalue weighted by atomic mass is 10.1. The van der Waals surface area contributed by atoms with Crippen LogP contribution in [0.5, 0.6) is 0 Å². The molecule has 90 valence electrons. The Bertz CT molecular complexity index is 500. The fourth-order valence-corrected chi connectivity index (χ4v) is 1.98. The molecule has 0 radical (unpaired) electrons. The van der Waals surface area contributed by atoms with Gasteiger partial charge in [-0.1, -0.05) is 31.5 Å². The summed E-state index contributed by atoms with van der Waals surface area (Å²) >= 11 is 0. The van der Waals surface area contributed by atoms with Crippen LogP contribution in [0, 0.1) is 6.92 Å². The summed E-state index contributed by atoms with van der Waals surface area (Å²) in [5.74, 6) is 0.894. The van der Waals surface area contributed by atoms with Gasteiger partial charge in [0.25, 0.3) is 0 Å². The molecule has 1 N–H and O–H groups in total. The summed E-state index contributed by atoms with van der Waals surface area (Å²) in [6.07, 6.45) is 4.26. The number of rotatable bonds is 4. The molecule has 0 saturated carbocycles. The average Bonchev–Trinajstić information content (AvgIpc) is 2.61. The van der Waals surface area contributed by atoms with E-state index >= 15 is 0 Å². The summed E-state index contributed by atoms with van der Waals surface area (Å²) in [5.41, 5.74) is 3.53. The van der Waals surface area contributed by atoms with Gasteiger partial charge in [-0.15, -0.1) is 0 Å². The van der Waals surface area contributed by atoms with Crippen molar-refractivity contribution in [3.05, 3.63) is 41.7 Å². The molecular formula is C14H19N3. The Labute approximate surface area is 103 Å². The minimum Gasteiger partial charge on any atom is -0.325 e. The van der Waals surface area contributed by atoms with Crippen LogP contribution in [0.4, 0.5) is 11.6 Å². The number of para-hydroxylation sites is 1. The van der Waals surface area contributed by atoms with Gasteiger partial charge >= 0.3 is 0 Å². The van der Waals surface area contributed by atoms with E-state index in [2.05, 4.69) is 41.5 Å². The van der Waals surface area contributed by atoms with Crippen LogP contribution in [0.3, 0.4) is 0 Å². The minimum absolute atomic E-state index is 0.894. The van der Waals surface area contributed by atoms with Crippen LogP contribution in [0.25, 0.3) is 0 Å². The normalized spacial score (nSPS) is 10.5. The van der Waals surface area contributed by atoms with Crippen molar-refractivity contribution in [1.29, 1.82) is 0 Å². The molecule has 0 unspecified atom stereocenters. The predicted molar refractivity (Wildman–Crippen MR) is 71.7 cm³/mol. The Morgan fingerprint density at radius 1 is 1.29 bits per heavy atom. The van der Waals surface area contributed by atoms with Crippen molar-refractivity contribution in [2.24, 2.45) is 7.05 Å². The van der Waals surface area contributed by atoms with E-state index in [0.717, 1.165) is 30.2 Å². The molecular weight excluding hydrogens is 210 g/mol. The van der Waals surface area contributed by atoms with E-state index in [9.17, 15) is 0 Å². The van der Waals surface area contributed by atoms with Gasteiger partial charge in [0.15, 0.2) is 0 Å². The van der Waals surface area contributed by atoms with Crippen molar-refractivity contribution in [1.82, 2.24) is 9.55 Å². The number of hydrogen-bond acceptors (Lipinski definition) is 2. The molecule has 1 heterocycles. The van der Waals surface area contributed by atoms with Gasteiger partial charge in [0.1, 0.15) is 0 Å². The number of aromatic nitrogens is 2. The van der Waals surface area contributed by atoms with Gasteiger partial charge in [0, 0.05) is 18.9 Å². The zero-order valence-corrected chi connectivity index (χ0v) is 10.7. The maximum atomic E-state index is 4.46. The SMILES string of the molecule is CCCc1ccccc1Nc1nc(C)cn1C. The summed E-state index contributed by atoms with van der Waals surface area (Å²) in [7, 11) is 2.00. The molecule has 0 atom stereocenters. The third kappa shape index (κ3) is 2.67. The third-order valence-electron chi connectivity index (χ3n) is 2.78. The second-order valence-electron chi connectivity index (χ2n) is 4.35. The number of nitrogens with one attached hydrogen (secondary N) is 1. The highest BCUT2D eigenvalue weighted by Crippen LogP contribution is 2.21. The lowest BCUT2D eigenvalue weighted by Gasteiger charge is -2.10. The predicted octanol–water partition coefficient (Wildman–Crippen LogP) is 3.42. The Hall–Kier alpha value is -1.77. The van der Waals surface area contributed by atoms with E-state index in [1.807, 2.05) is 24.7 Å². The number of hydrogen-bond donors (Lipinski definition) is 1. The molecule has 17 heavy (non-hydrogen) atoms. The third-order valence-corrected chi connectivity index (χ3v) is 2.78. The van der Waals surface area contributed by atoms with E-state index in [0.29, 0.717) is 0 Å². The summed E-state index contributed by atoms with van der Waals surface area (Å²) in [5, 5.41) is 3.40. The van der Waals surface area contributed by atoms with Gasteiger partial charge in [-0.2, -0.15) is 0 Å². The molecule has 1 aromatic heterocycles. The first-order chi connectivity index (χ1) is 8.20. The molecule has 0 fully saturated rings. The van der Waals surface area contributed by atoms with Crippen LogP contribution in [-0.4, -0.2) is 9.55 Å². The minimum atomic E-state index is 0.894. The highest BCUT2D eigenvalue weighted by molar-refractivity contribution is 5.59. The van der Waals surface area contributed by atoms with Crippen LogP contribution >= 0.6 is 0 Å². The van der Waals surface area contributed by atoms with E-state index in [-0.39, 0.29) is 0 Å². The van der Waals surface area contributed by atoms with Crippen LogP contribution in [0.15, 0.2) is 30.5 Å². The molecule has 0 aliphatic carbocycles. The van der Waals surface area contributed by atoms with Crippen LogP contribution in [0.1, 0.15) is 24.6 Å². The molecule has 2 rings (SSSR count). The first kappa shape index (κ1) is 11.7. The number of benzene rings is 1. The van der Waals surface area contributed by atoms with Gasteiger partial charge in [0.2, 0.25) is 5.95 Å². The molecule has 0 saturated heterocycles. The van der Waals surface area contributed by atoms with Crippen LogP contribution in [0.2, 0.25) is 0 Å². The molecule has 0 aliphatic rings. The maximum Gasteiger partial charge on any atom is 0.207 e. The molecule has 2 aromatic rings. The molecule has 0 amide bonds. The summed E-state index contributed by atoms with van der Waals surface area (Å²) in [6.45, 7) is 4.20. The largest absolute Gasteiger partial charge is 0.325 e. The first-order valence-corrected chi connectivity index (χ1v) is 6.05. The summed E-state index contributed by atoms with van der Waals surface area (Å²) < 4.78 is 2.01. The molecule has 0 bridgehead atoms. The number of imidazole rings is 1. The first-order valence-electron chi connectivity index (χ1n) is 6.05. The van der Waals surface area contributed by atoms with Gasteiger partial charge < -0.3 is 9.88 Å². The molecule has 0 spiro atoms. The second kappa shape index (κ2) is 5.04. The average molecular weight is 229 g/mol. The molecule has 3 heteroatoms. The fraction of sp³-hybridized carbons (Fsp3) is 0.357. The topological polar surface area (TPSA) is 29.9 Å². The van der Waals surface area contributed by atoms with Gasteiger partial charge in [0.05, 0.1) is 5.69 Å². The fourth-order valence-electron chi connectivity index (χ4n) is 1.98. The van der Waals surface area contributed by atoms with Gasteiger partial charge in [-0.25, -0.2) is 4.98 Å². The van der Waals surface area contributed by atoms with E-state index in [1.165, 1.54) is 5.56 Å². The Morgan fingerprint density at radius 3 is 2.71 bits per heavy atom. The number of aryl methyl sites for hydroxylation is 3. The lowest BCUT2D eigenvalue weighted by molar-refractivity contribution is 0.910. The smallest absolute Gasteiger partial charge is 0.207 e. The van der Waals surface area contributed by atoms with Crippen LogP contribution < -0.4 is 5.32 Å². The van der Waals surface area contributed by atoms with E-state index in [1.54, 1.807) is 0 Å². The molecule has 3 nitrogen and oxygen atoms in total. The van der Waals surface area contributed by atoms with Crippen LogP contribution in [-0.2, 0) is 13.5 Å². The van der Waals surface area contributed by atoms with Crippen molar-refractivity contribution in [3.63, 3.8) is 0 Å². The second-order valence-corrected chi connectivity index (χ2v) is 4.35. The number of anilines is 2. The highest BCUT2D eigenvalue weighted by atomic mass is 15.2. The summed E-state index contributed by atoms with van der Waals surface area (Å²) in [4.78, 5) is 4.46. The van der Waals surface area contributed by atoms with E-state index in [4.69, 9.17) is 0 Å². The van der Waals surface area contributed by atoms with Crippen molar-refractivity contribution in [3.8, 4) is 0 Å². The molecule has 1 aromatic carbocycles. The van der Waals surface area contributed by atoms with Crippen molar-refractivity contribution >= 4 is 11.6 Å². The van der Waals surface area contributed by atoms with E-state index < -0.39 is 0 Å². The standard InChI is InChI=1S/C14H19N3/c1-4-7-12-8-5-6-9-13(12)16-14-15-11(2)10-17(14)3/h5-6,8-10H,4,7H2,1-3H3,(H,15,16). The lowest BCUT2D eigenvalue weighted by Crippen LogP contribution is -2.01. The summed E-state index contributed by atoms with van der Waals surface area (Å²) in [6, 6.07) is 8.41. The monoisotopic (exact) mass is 229 g/mol. The Balaban J connectivity index is 2.26. The van der Waals surface area contributed by atoms with Crippen molar-refractivity contribution in [2.75, 3.05) is 5.32 Å². The Kier molecular flexibility index (Phi) is 3.47. The zero-order valence-electron chi connectivity index (χ0n) is 10.7. The van der Waals surface area contributed by atoms with Crippen molar-refractivity contribution in [2.45, 2.75) is 26.7 Å². The number of nitrogens with zero attached hydrogens (tertiary/aromatic N) is 2. The van der Waals surface area contributed by atoms with Gasteiger partial charge in [-0.3, -0.25) is 0 Å².